The van der Waals surface area contributed by atoms with Crippen LogP contribution < -0.4 is 20.1 Å². The molecule has 3 aliphatic heterocycles. The number of nitrogens with two attached hydrogens (primary N) is 1. The van der Waals surface area contributed by atoms with Gasteiger partial charge in [0.15, 0.2) is 5.84 Å². The van der Waals surface area contributed by atoms with Crippen molar-refractivity contribution in [3.63, 3.8) is 0 Å². The molecule has 2 fully saturated rings. The fourth-order valence-corrected chi connectivity index (χ4v) is 5.63. The molecule has 1 aromatic carbocycles. The van der Waals surface area contributed by atoms with E-state index in [9.17, 15) is 13.2 Å². The number of anilines is 2. The maximum Gasteiger partial charge on any atom is 0.344 e. The first-order valence-electron chi connectivity index (χ1n) is 11.5. The number of amides is 1. The first-order chi connectivity index (χ1) is 16.4. The van der Waals surface area contributed by atoms with E-state index >= 15 is 0 Å². The van der Waals surface area contributed by atoms with Gasteiger partial charge in [0.1, 0.15) is 11.6 Å². The third-order valence-electron chi connectivity index (χ3n) is 6.44. The Hall–Kier alpha value is -3.34. The lowest BCUT2D eigenvalue weighted by atomic mass is 9.98. The molecule has 0 unspecified atom stereocenters. The van der Waals surface area contributed by atoms with Gasteiger partial charge in [-0.25, -0.2) is 4.98 Å². The first-order valence-corrected chi connectivity index (χ1v) is 13.0. The number of hydrogen-bond acceptors (Lipinski definition) is 7. The number of carbonyl (C=O) groups excluding carboxylic acids is 1. The smallest absolute Gasteiger partial charge is 0.344 e. The van der Waals surface area contributed by atoms with Crippen LogP contribution in [0, 0.1) is 5.92 Å². The van der Waals surface area contributed by atoms with E-state index in [-0.39, 0.29) is 17.7 Å². The second-order valence-electron chi connectivity index (χ2n) is 8.90. The first kappa shape index (κ1) is 22.5. The Morgan fingerprint density at radius 3 is 2.82 bits per heavy atom. The lowest BCUT2D eigenvalue weighted by molar-refractivity contribution is 0.0792. The highest BCUT2D eigenvalue weighted by atomic mass is 32.2. The van der Waals surface area contributed by atoms with Crippen molar-refractivity contribution in [2.45, 2.75) is 25.7 Å². The summed E-state index contributed by atoms with van der Waals surface area (Å²) < 4.78 is 35.6. The van der Waals surface area contributed by atoms with Crippen LogP contribution in [-0.4, -0.2) is 62.8 Å². The van der Waals surface area contributed by atoms with Crippen LogP contribution in [0.5, 0.6) is 5.75 Å². The van der Waals surface area contributed by atoms with Crippen molar-refractivity contribution in [2.75, 3.05) is 42.4 Å². The van der Waals surface area contributed by atoms with Crippen molar-refractivity contribution in [3.8, 4) is 5.75 Å². The molecule has 0 radical (unpaired) electrons. The molecule has 2 saturated heterocycles. The molecule has 0 bridgehead atoms. The third-order valence-corrected chi connectivity index (χ3v) is 7.36. The van der Waals surface area contributed by atoms with E-state index in [1.165, 1.54) is 0 Å². The summed E-state index contributed by atoms with van der Waals surface area (Å²) in [5.41, 5.74) is 7.41. The number of nitrogens with zero attached hydrogens (tertiary/aromatic N) is 4. The molecule has 5 rings (SSSR count). The van der Waals surface area contributed by atoms with Gasteiger partial charge in [0, 0.05) is 43.9 Å². The maximum absolute atomic E-state index is 12.8. The molecule has 180 valence electrons. The molecule has 3 aliphatic rings. The number of rotatable bonds is 5. The Balaban J connectivity index is 1.26. The predicted octanol–water partition coefficient (Wildman–Crippen LogP) is 1.99. The number of benzene rings is 1. The van der Waals surface area contributed by atoms with E-state index in [1.807, 2.05) is 11.0 Å². The Labute approximate surface area is 199 Å². The summed E-state index contributed by atoms with van der Waals surface area (Å²) in [6.07, 6.45) is 5.81. The van der Waals surface area contributed by atoms with E-state index < -0.39 is 10.2 Å². The molecule has 4 heterocycles. The van der Waals surface area contributed by atoms with Crippen LogP contribution in [0.2, 0.25) is 0 Å². The quantitative estimate of drug-likeness (QED) is 0.664. The summed E-state index contributed by atoms with van der Waals surface area (Å²) in [6.45, 7) is 3.70. The number of nitrogens with one attached hydrogen (secondary N) is 1. The summed E-state index contributed by atoms with van der Waals surface area (Å²) in [5, 5.41) is 0. The number of amidine groups is 1. The minimum atomic E-state index is -3.83. The number of fused-ring (bicyclic) bond motifs is 1. The zero-order valence-electron chi connectivity index (χ0n) is 18.8. The van der Waals surface area contributed by atoms with E-state index in [0.717, 1.165) is 57.7 Å². The molecule has 1 aromatic heterocycles. The van der Waals surface area contributed by atoms with Crippen LogP contribution in [0.1, 0.15) is 41.6 Å². The van der Waals surface area contributed by atoms with E-state index in [0.29, 0.717) is 29.2 Å². The largest absolute Gasteiger partial charge is 0.492 e. The molecule has 2 aromatic rings. The number of hydrogen-bond donors (Lipinski definition) is 2. The van der Waals surface area contributed by atoms with Gasteiger partial charge in [-0.3, -0.25) is 9.52 Å². The van der Waals surface area contributed by atoms with Crippen molar-refractivity contribution in [1.29, 1.82) is 0 Å². The van der Waals surface area contributed by atoms with Crippen LogP contribution in [-0.2, 0) is 10.2 Å². The Bertz CT molecular complexity index is 1230. The molecule has 0 spiro atoms. The van der Waals surface area contributed by atoms with Crippen LogP contribution >= 0.6 is 0 Å². The summed E-state index contributed by atoms with van der Waals surface area (Å²) in [4.78, 5) is 21.4. The molecule has 0 aliphatic carbocycles. The number of carbonyl (C=O) groups is 1. The fraction of sp³-hybridized carbons (Fsp3) is 0.435. The number of aromatic nitrogens is 1. The van der Waals surface area contributed by atoms with Gasteiger partial charge in [-0.05, 0) is 49.9 Å². The van der Waals surface area contributed by atoms with Crippen molar-refractivity contribution in [3.05, 3.63) is 47.7 Å². The van der Waals surface area contributed by atoms with Gasteiger partial charge in [-0.2, -0.15) is 8.42 Å². The average Bonchev–Trinajstić information content (AvgIpc) is 3.36. The second-order valence-corrected chi connectivity index (χ2v) is 10.2. The van der Waals surface area contributed by atoms with Crippen molar-refractivity contribution >= 4 is 33.5 Å². The van der Waals surface area contributed by atoms with Gasteiger partial charge in [0.2, 0.25) is 0 Å². The molecular weight excluding hydrogens is 456 g/mol. The van der Waals surface area contributed by atoms with Gasteiger partial charge >= 0.3 is 10.2 Å². The summed E-state index contributed by atoms with van der Waals surface area (Å²) in [6, 6.07) is 8.78. The van der Waals surface area contributed by atoms with Crippen molar-refractivity contribution in [2.24, 2.45) is 16.0 Å². The lowest BCUT2D eigenvalue weighted by Crippen LogP contribution is -2.38. The van der Waals surface area contributed by atoms with Crippen LogP contribution in [0.25, 0.3) is 0 Å². The van der Waals surface area contributed by atoms with Gasteiger partial charge in [0.05, 0.1) is 17.9 Å². The van der Waals surface area contributed by atoms with E-state index in [1.54, 1.807) is 30.5 Å². The van der Waals surface area contributed by atoms with Gasteiger partial charge < -0.3 is 20.3 Å². The number of ether oxygens (including phenoxy) is 1. The van der Waals surface area contributed by atoms with Crippen LogP contribution in [0.3, 0.4) is 0 Å². The zero-order valence-corrected chi connectivity index (χ0v) is 19.6. The highest BCUT2D eigenvalue weighted by molar-refractivity contribution is 7.91. The summed E-state index contributed by atoms with van der Waals surface area (Å²) >= 11 is 0. The molecule has 1 amide bonds. The van der Waals surface area contributed by atoms with Crippen molar-refractivity contribution < 1.29 is 17.9 Å². The normalized spacial score (nSPS) is 21.4. The lowest BCUT2D eigenvalue weighted by Gasteiger charge is -2.34. The minimum Gasteiger partial charge on any atom is -0.492 e. The summed E-state index contributed by atoms with van der Waals surface area (Å²) in [7, 11) is -3.83. The summed E-state index contributed by atoms with van der Waals surface area (Å²) in [5.74, 6) is 1.52. The van der Waals surface area contributed by atoms with E-state index in [2.05, 4.69) is 19.0 Å². The standard InChI is InChI=1S/C23H28N6O4S/c24-22-21-18(26-34(31,32)27-22)6-3-7-19(21)33-15-16-5-4-12-29(14-16)20-13-17(8-9-25-20)23(30)28-10-1-2-11-28/h3,6-9,13,16,26H,1-2,4-5,10-12,14-15H2,(H2,24,27)/t16-/m0/s1. The molecule has 34 heavy (non-hydrogen) atoms. The molecule has 0 saturated carbocycles. The van der Waals surface area contributed by atoms with Gasteiger partial charge in [-0.1, -0.05) is 6.07 Å². The second kappa shape index (κ2) is 9.13. The van der Waals surface area contributed by atoms with Crippen LogP contribution in [0.15, 0.2) is 40.9 Å². The molecule has 11 heteroatoms. The zero-order chi connectivity index (χ0) is 23.7. The fourth-order valence-electron chi connectivity index (χ4n) is 4.78. The topological polar surface area (TPSA) is 130 Å². The van der Waals surface area contributed by atoms with E-state index in [4.69, 9.17) is 10.5 Å². The predicted molar refractivity (Wildman–Crippen MR) is 130 cm³/mol. The molecule has 10 nitrogen and oxygen atoms in total. The third kappa shape index (κ3) is 4.65. The number of pyridine rings is 1. The highest BCUT2D eigenvalue weighted by Gasteiger charge is 2.27. The Morgan fingerprint density at radius 1 is 1.18 bits per heavy atom. The molecule has 3 N–H and O–H groups in total. The molecule has 1 atom stereocenters. The number of likely N-dealkylation sites (tertiary alicyclic amines) is 1. The maximum atomic E-state index is 12.8. The van der Waals surface area contributed by atoms with Crippen LogP contribution in [0.4, 0.5) is 11.5 Å². The Kier molecular flexibility index (Phi) is 6.03. The minimum absolute atomic E-state index is 0.0711. The highest BCUT2D eigenvalue weighted by Crippen LogP contribution is 2.31. The van der Waals surface area contributed by atoms with Gasteiger partial charge in [0.25, 0.3) is 5.91 Å². The van der Waals surface area contributed by atoms with Gasteiger partial charge in [-0.15, -0.1) is 4.40 Å². The number of piperidine rings is 1. The SMILES string of the molecule is NC1=NS(=O)(=O)Nc2cccc(OC[C@H]3CCCN(c4cc(C(=O)N5CCCC5)ccn4)C3)c21. The molecular formula is C23H28N6O4S. The monoisotopic (exact) mass is 484 g/mol. The average molecular weight is 485 g/mol. The van der Waals surface area contributed by atoms with Crippen molar-refractivity contribution in [1.82, 2.24) is 9.88 Å². The Morgan fingerprint density at radius 2 is 2.00 bits per heavy atom.